The molecule has 0 heterocycles. The Labute approximate surface area is 104 Å². The summed E-state index contributed by atoms with van der Waals surface area (Å²) in [5, 5.41) is 0. The van der Waals surface area contributed by atoms with E-state index < -0.39 is 17.8 Å². The maximum atomic E-state index is 12.7. The summed E-state index contributed by atoms with van der Waals surface area (Å²) in [7, 11) is 1.17. The summed E-state index contributed by atoms with van der Waals surface area (Å²) >= 11 is 0. The minimum Gasteiger partial charge on any atom is -0.465 e. The van der Waals surface area contributed by atoms with E-state index in [1.807, 2.05) is 0 Å². The molecule has 96 valence electrons. The van der Waals surface area contributed by atoms with Crippen molar-refractivity contribution in [1.29, 1.82) is 0 Å². The number of hydrogen-bond acceptors (Lipinski definition) is 4. The summed E-state index contributed by atoms with van der Waals surface area (Å²) < 4.78 is 22.0. The summed E-state index contributed by atoms with van der Waals surface area (Å²) in [6.07, 6.45) is 1.29. The zero-order valence-electron chi connectivity index (χ0n) is 10.1. The fourth-order valence-electron chi connectivity index (χ4n) is 1.25. The molecule has 0 aliphatic heterocycles. The van der Waals surface area contributed by atoms with E-state index in [0.717, 1.165) is 0 Å². The maximum absolute atomic E-state index is 12.7. The van der Waals surface area contributed by atoms with Crippen molar-refractivity contribution in [2.24, 2.45) is 0 Å². The first-order valence-corrected chi connectivity index (χ1v) is 5.31. The Balaban J connectivity index is 3.05. The van der Waals surface area contributed by atoms with Crippen molar-refractivity contribution >= 4 is 18.0 Å². The first-order valence-electron chi connectivity index (χ1n) is 5.31. The van der Waals surface area contributed by atoms with E-state index in [2.05, 4.69) is 4.74 Å². The maximum Gasteiger partial charge on any atom is 0.345 e. The molecule has 1 rings (SSSR count). The molecule has 0 bridgehead atoms. The first kappa shape index (κ1) is 13.9. The molecular weight excluding hydrogens is 239 g/mol. The Morgan fingerprint density at radius 3 is 2.33 bits per heavy atom. The van der Waals surface area contributed by atoms with Gasteiger partial charge >= 0.3 is 11.9 Å². The van der Waals surface area contributed by atoms with E-state index in [4.69, 9.17) is 4.74 Å². The standard InChI is InChI=1S/C13H13FO4/c1-3-18-13(16)11(12(15)17-2)8-9-4-6-10(14)7-5-9/h4-8H,3H2,1-2H3/b11-8+. The Morgan fingerprint density at radius 2 is 1.83 bits per heavy atom. The van der Waals surface area contributed by atoms with Crippen LogP contribution in [-0.4, -0.2) is 25.7 Å². The molecule has 0 saturated carbocycles. The molecule has 4 nitrogen and oxygen atoms in total. The van der Waals surface area contributed by atoms with Gasteiger partial charge in [0.1, 0.15) is 11.4 Å². The summed E-state index contributed by atoms with van der Waals surface area (Å²) in [5.74, 6) is -1.96. The molecule has 5 heteroatoms. The number of hydrogen-bond donors (Lipinski definition) is 0. The lowest BCUT2D eigenvalue weighted by molar-refractivity contribution is -0.145. The molecule has 0 atom stereocenters. The van der Waals surface area contributed by atoms with Gasteiger partial charge in [-0.15, -0.1) is 0 Å². The smallest absolute Gasteiger partial charge is 0.345 e. The zero-order valence-corrected chi connectivity index (χ0v) is 10.1. The Morgan fingerprint density at radius 1 is 1.22 bits per heavy atom. The van der Waals surface area contributed by atoms with E-state index >= 15 is 0 Å². The summed E-state index contributed by atoms with van der Waals surface area (Å²) in [6, 6.07) is 5.34. The summed E-state index contributed by atoms with van der Waals surface area (Å²) in [4.78, 5) is 23.0. The summed E-state index contributed by atoms with van der Waals surface area (Å²) in [5.41, 5.74) is 0.274. The number of halogens is 1. The SMILES string of the molecule is CCOC(=O)/C(=C/c1ccc(F)cc1)C(=O)OC. The van der Waals surface area contributed by atoms with Crippen LogP contribution in [0.15, 0.2) is 29.8 Å². The number of methoxy groups -OCH3 is 1. The van der Waals surface area contributed by atoms with Crippen LogP contribution in [0.3, 0.4) is 0 Å². The Hall–Kier alpha value is -2.17. The monoisotopic (exact) mass is 252 g/mol. The van der Waals surface area contributed by atoms with Crippen molar-refractivity contribution in [2.45, 2.75) is 6.92 Å². The van der Waals surface area contributed by atoms with Crippen LogP contribution in [-0.2, 0) is 19.1 Å². The molecule has 18 heavy (non-hydrogen) atoms. The van der Waals surface area contributed by atoms with Crippen LogP contribution in [0.2, 0.25) is 0 Å². The minimum atomic E-state index is -0.794. The van der Waals surface area contributed by atoms with Gasteiger partial charge in [-0.3, -0.25) is 0 Å². The molecule has 0 aliphatic rings. The average molecular weight is 252 g/mol. The van der Waals surface area contributed by atoms with Crippen LogP contribution in [0.5, 0.6) is 0 Å². The molecule has 0 N–H and O–H groups in total. The van der Waals surface area contributed by atoms with Crippen LogP contribution in [0.4, 0.5) is 4.39 Å². The van der Waals surface area contributed by atoms with Crippen LogP contribution in [0.1, 0.15) is 12.5 Å². The lowest BCUT2D eigenvalue weighted by atomic mass is 10.1. The molecule has 1 aromatic rings. The van der Waals surface area contributed by atoms with Crippen molar-refractivity contribution in [3.8, 4) is 0 Å². The van der Waals surface area contributed by atoms with Gasteiger partial charge in [-0.1, -0.05) is 12.1 Å². The predicted octanol–water partition coefficient (Wildman–Crippen LogP) is 1.95. The fourth-order valence-corrected chi connectivity index (χ4v) is 1.25. The van der Waals surface area contributed by atoms with Crippen molar-refractivity contribution in [2.75, 3.05) is 13.7 Å². The highest BCUT2D eigenvalue weighted by Gasteiger charge is 2.20. The van der Waals surface area contributed by atoms with Gasteiger partial charge in [-0.25, -0.2) is 14.0 Å². The van der Waals surface area contributed by atoms with Crippen LogP contribution < -0.4 is 0 Å². The van der Waals surface area contributed by atoms with E-state index in [1.165, 1.54) is 37.5 Å². The quantitative estimate of drug-likeness (QED) is 0.355. The van der Waals surface area contributed by atoms with E-state index in [9.17, 15) is 14.0 Å². The van der Waals surface area contributed by atoms with Gasteiger partial charge in [0, 0.05) is 0 Å². The third-order valence-electron chi connectivity index (χ3n) is 2.08. The third-order valence-corrected chi connectivity index (χ3v) is 2.08. The minimum absolute atomic E-state index is 0.149. The Bertz CT molecular complexity index is 462. The number of benzene rings is 1. The van der Waals surface area contributed by atoms with Crippen molar-refractivity contribution < 1.29 is 23.5 Å². The second kappa shape index (κ2) is 6.54. The molecule has 0 aliphatic carbocycles. The van der Waals surface area contributed by atoms with Gasteiger partial charge in [0.25, 0.3) is 0 Å². The largest absolute Gasteiger partial charge is 0.465 e. The van der Waals surface area contributed by atoms with Crippen LogP contribution in [0, 0.1) is 5.82 Å². The highest BCUT2D eigenvalue weighted by atomic mass is 19.1. The molecule has 1 aromatic carbocycles. The molecule has 0 amide bonds. The first-order chi connectivity index (χ1) is 8.58. The van der Waals surface area contributed by atoms with Crippen LogP contribution in [0.25, 0.3) is 6.08 Å². The van der Waals surface area contributed by atoms with Crippen molar-refractivity contribution in [3.05, 3.63) is 41.2 Å². The molecule has 0 radical (unpaired) electrons. The van der Waals surface area contributed by atoms with E-state index in [1.54, 1.807) is 6.92 Å². The van der Waals surface area contributed by atoms with Gasteiger partial charge in [0.05, 0.1) is 13.7 Å². The van der Waals surface area contributed by atoms with Crippen molar-refractivity contribution in [3.63, 3.8) is 0 Å². The molecule has 0 aromatic heterocycles. The second-order valence-corrected chi connectivity index (χ2v) is 3.32. The van der Waals surface area contributed by atoms with Gasteiger partial charge in [0.2, 0.25) is 0 Å². The van der Waals surface area contributed by atoms with Gasteiger partial charge in [-0.2, -0.15) is 0 Å². The number of esters is 2. The highest BCUT2D eigenvalue weighted by molar-refractivity contribution is 6.17. The average Bonchev–Trinajstić information content (AvgIpc) is 2.37. The summed E-state index contributed by atoms with van der Waals surface area (Å²) in [6.45, 7) is 1.78. The predicted molar refractivity (Wildman–Crippen MR) is 63.0 cm³/mol. The van der Waals surface area contributed by atoms with Crippen LogP contribution >= 0.6 is 0 Å². The lowest BCUT2D eigenvalue weighted by Gasteiger charge is -2.05. The molecule has 0 spiro atoms. The third kappa shape index (κ3) is 3.69. The van der Waals surface area contributed by atoms with Gasteiger partial charge < -0.3 is 9.47 Å². The lowest BCUT2D eigenvalue weighted by Crippen LogP contribution is -2.17. The molecule has 0 fully saturated rings. The van der Waals surface area contributed by atoms with E-state index in [0.29, 0.717) is 5.56 Å². The Kier molecular flexibility index (Phi) is 5.05. The van der Waals surface area contributed by atoms with Gasteiger partial charge in [-0.05, 0) is 30.7 Å². The topological polar surface area (TPSA) is 52.6 Å². The van der Waals surface area contributed by atoms with E-state index in [-0.39, 0.29) is 12.2 Å². The van der Waals surface area contributed by atoms with Crippen molar-refractivity contribution in [1.82, 2.24) is 0 Å². The number of carbonyl (C=O) groups excluding carboxylic acids is 2. The number of ether oxygens (including phenoxy) is 2. The fraction of sp³-hybridized carbons (Fsp3) is 0.231. The molecular formula is C13H13FO4. The number of carbonyl (C=O) groups is 2. The van der Waals surface area contributed by atoms with Gasteiger partial charge in [0.15, 0.2) is 0 Å². The number of rotatable bonds is 4. The molecule has 0 unspecified atom stereocenters. The second-order valence-electron chi connectivity index (χ2n) is 3.32. The highest BCUT2D eigenvalue weighted by Crippen LogP contribution is 2.11. The molecule has 0 saturated heterocycles. The zero-order chi connectivity index (χ0) is 13.5. The normalized spacial score (nSPS) is 10.9.